The van der Waals surface area contributed by atoms with Crippen molar-refractivity contribution < 1.29 is 14.4 Å². The topological polar surface area (TPSA) is 91.2 Å². The standard InChI is InChI=1S/C19H15ClN4O4S/c1-11-9-29-19(22-15-5-3-4-14(20)12(15)2)23(11)21-8-13-6-17-18(28-10-27-17)7-16(13)24(25)26/h3-9H,10H2,1-2H3. The van der Waals surface area contributed by atoms with Crippen LogP contribution < -0.4 is 14.3 Å². The fourth-order valence-corrected chi connectivity index (χ4v) is 3.74. The quantitative estimate of drug-likeness (QED) is 0.344. The van der Waals surface area contributed by atoms with Crippen LogP contribution in [0.1, 0.15) is 16.8 Å². The average Bonchev–Trinajstić information content (AvgIpc) is 3.29. The van der Waals surface area contributed by atoms with E-state index < -0.39 is 4.92 Å². The molecular formula is C19H15ClN4O4S. The normalized spacial score (nSPS) is 13.4. The van der Waals surface area contributed by atoms with Crippen LogP contribution in [0.3, 0.4) is 0 Å². The summed E-state index contributed by atoms with van der Waals surface area (Å²) in [7, 11) is 0. The highest BCUT2D eigenvalue weighted by molar-refractivity contribution is 7.07. The van der Waals surface area contributed by atoms with Gasteiger partial charge in [0.2, 0.25) is 11.6 Å². The second-order valence-corrected chi connectivity index (χ2v) is 7.48. The Morgan fingerprint density at radius 3 is 2.79 bits per heavy atom. The molecule has 0 unspecified atom stereocenters. The molecule has 0 radical (unpaired) electrons. The molecule has 0 atom stereocenters. The van der Waals surface area contributed by atoms with E-state index in [-0.39, 0.29) is 12.5 Å². The first-order chi connectivity index (χ1) is 13.9. The first-order valence-corrected chi connectivity index (χ1v) is 9.79. The zero-order valence-corrected chi connectivity index (χ0v) is 17.0. The number of hydrogen-bond acceptors (Lipinski definition) is 7. The smallest absolute Gasteiger partial charge is 0.282 e. The predicted molar refractivity (Wildman–Crippen MR) is 111 cm³/mol. The van der Waals surface area contributed by atoms with Gasteiger partial charge in [-0.2, -0.15) is 5.10 Å². The SMILES string of the molecule is Cc1c(Cl)cccc1N=c1scc(C)n1N=Cc1cc2c(cc1[N+](=O)[O-])OCO2. The number of hydrogen-bond donors (Lipinski definition) is 0. The Morgan fingerprint density at radius 1 is 1.28 bits per heavy atom. The van der Waals surface area contributed by atoms with Crippen molar-refractivity contribution in [2.75, 3.05) is 6.79 Å². The average molecular weight is 431 g/mol. The molecule has 8 nitrogen and oxygen atoms in total. The number of nitro benzene ring substituents is 1. The van der Waals surface area contributed by atoms with E-state index in [1.165, 1.54) is 23.6 Å². The second-order valence-electron chi connectivity index (χ2n) is 6.23. The number of nitrogens with zero attached hydrogens (tertiary/aromatic N) is 4. The molecule has 1 aliphatic heterocycles. The maximum atomic E-state index is 11.4. The number of thiazole rings is 1. The van der Waals surface area contributed by atoms with Gasteiger partial charge in [-0.3, -0.25) is 10.1 Å². The molecule has 4 rings (SSSR count). The van der Waals surface area contributed by atoms with E-state index in [2.05, 4.69) is 10.1 Å². The zero-order valence-electron chi connectivity index (χ0n) is 15.5. The van der Waals surface area contributed by atoms with Crippen molar-refractivity contribution in [3.05, 3.63) is 72.5 Å². The number of nitro groups is 1. The molecular weight excluding hydrogens is 416 g/mol. The van der Waals surface area contributed by atoms with Gasteiger partial charge in [0.15, 0.2) is 11.5 Å². The van der Waals surface area contributed by atoms with Crippen molar-refractivity contribution in [2.24, 2.45) is 10.1 Å². The molecule has 0 saturated heterocycles. The summed E-state index contributed by atoms with van der Waals surface area (Å²) in [4.78, 5) is 16.2. The molecule has 2 aromatic carbocycles. The lowest BCUT2D eigenvalue weighted by Crippen LogP contribution is -2.12. The lowest BCUT2D eigenvalue weighted by molar-refractivity contribution is -0.385. The molecule has 0 bridgehead atoms. The van der Waals surface area contributed by atoms with E-state index in [1.807, 2.05) is 31.4 Å². The van der Waals surface area contributed by atoms with Crippen molar-refractivity contribution >= 4 is 40.5 Å². The molecule has 2 heterocycles. The number of ether oxygens (including phenoxy) is 2. The number of aryl methyl sites for hydroxylation is 1. The van der Waals surface area contributed by atoms with E-state index in [1.54, 1.807) is 16.8 Å². The van der Waals surface area contributed by atoms with Crippen molar-refractivity contribution in [2.45, 2.75) is 13.8 Å². The van der Waals surface area contributed by atoms with Crippen LogP contribution in [0.4, 0.5) is 11.4 Å². The van der Waals surface area contributed by atoms with Crippen LogP contribution in [-0.4, -0.2) is 22.6 Å². The molecule has 0 aliphatic carbocycles. The molecule has 0 N–H and O–H groups in total. The van der Waals surface area contributed by atoms with Crippen LogP contribution in [0.15, 0.2) is 45.8 Å². The third-order valence-corrected chi connectivity index (χ3v) is 5.68. The molecule has 10 heteroatoms. The second kappa shape index (κ2) is 7.69. The number of fused-ring (bicyclic) bond motifs is 1. The Bertz CT molecular complexity index is 1220. The van der Waals surface area contributed by atoms with Crippen LogP contribution in [0.25, 0.3) is 0 Å². The first kappa shape index (κ1) is 19.2. The van der Waals surface area contributed by atoms with Gasteiger partial charge in [0.25, 0.3) is 5.69 Å². The van der Waals surface area contributed by atoms with Gasteiger partial charge in [-0.15, -0.1) is 11.3 Å². The summed E-state index contributed by atoms with van der Waals surface area (Å²) in [6.45, 7) is 3.81. The van der Waals surface area contributed by atoms with Gasteiger partial charge in [-0.1, -0.05) is 17.7 Å². The van der Waals surface area contributed by atoms with Gasteiger partial charge < -0.3 is 9.47 Å². The van der Waals surface area contributed by atoms with Gasteiger partial charge in [0.1, 0.15) is 0 Å². The van der Waals surface area contributed by atoms with Crippen LogP contribution >= 0.6 is 22.9 Å². The Labute approximate surface area is 174 Å². The minimum Gasteiger partial charge on any atom is -0.454 e. The third-order valence-electron chi connectivity index (χ3n) is 4.34. The fraction of sp³-hybridized carbons (Fsp3) is 0.158. The van der Waals surface area contributed by atoms with Crippen molar-refractivity contribution in [3.63, 3.8) is 0 Å². The lowest BCUT2D eigenvalue weighted by Gasteiger charge is -2.03. The van der Waals surface area contributed by atoms with Gasteiger partial charge in [-0.25, -0.2) is 9.67 Å². The van der Waals surface area contributed by atoms with Crippen LogP contribution in [-0.2, 0) is 0 Å². The van der Waals surface area contributed by atoms with E-state index in [0.717, 1.165) is 16.9 Å². The molecule has 1 aromatic heterocycles. The Kier molecular flexibility index (Phi) is 5.08. The highest BCUT2D eigenvalue weighted by Gasteiger charge is 2.22. The maximum absolute atomic E-state index is 11.4. The molecule has 0 saturated carbocycles. The summed E-state index contributed by atoms with van der Waals surface area (Å²) in [6.07, 6.45) is 1.42. The van der Waals surface area contributed by atoms with Crippen LogP contribution in [0.5, 0.6) is 11.5 Å². The number of rotatable bonds is 4. The Hall–Kier alpha value is -3.17. The van der Waals surface area contributed by atoms with Crippen molar-refractivity contribution in [1.29, 1.82) is 0 Å². The summed E-state index contributed by atoms with van der Waals surface area (Å²) in [5, 5.41) is 18.4. The molecule has 29 heavy (non-hydrogen) atoms. The fourth-order valence-electron chi connectivity index (χ4n) is 2.75. The van der Waals surface area contributed by atoms with Crippen molar-refractivity contribution in [1.82, 2.24) is 4.68 Å². The molecule has 148 valence electrons. The van der Waals surface area contributed by atoms with Crippen LogP contribution in [0, 0.1) is 24.0 Å². The van der Waals surface area contributed by atoms with E-state index in [4.69, 9.17) is 21.1 Å². The molecule has 0 spiro atoms. The van der Waals surface area contributed by atoms with Crippen molar-refractivity contribution in [3.8, 4) is 11.5 Å². The predicted octanol–water partition coefficient (Wildman–Crippen LogP) is 4.57. The summed E-state index contributed by atoms with van der Waals surface area (Å²) in [6, 6.07) is 8.39. The van der Waals surface area contributed by atoms with Gasteiger partial charge in [-0.05, 0) is 37.6 Å². The zero-order chi connectivity index (χ0) is 20.5. The molecule has 1 aliphatic rings. The minimum absolute atomic E-state index is 0.0352. The third kappa shape index (κ3) is 3.74. The van der Waals surface area contributed by atoms with Gasteiger partial charge >= 0.3 is 0 Å². The summed E-state index contributed by atoms with van der Waals surface area (Å²) < 4.78 is 12.2. The number of benzene rings is 2. The van der Waals surface area contributed by atoms with E-state index in [9.17, 15) is 10.1 Å². The monoisotopic (exact) mass is 430 g/mol. The lowest BCUT2D eigenvalue weighted by atomic mass is 10.1. The maximum Gasteiger partial charge on any atom is 0.282 e. The van der Waals surface area contributed by atoms with Crippen LogP contribution in [0.2, 0.25) is 5.02 Å². The summed E-state index contributed by atoms with van der Waals surface area (Å²) in [5.41, 5.74) is 2.63. The number of aromatic nitrogens is 1. The van der Waals surface area contributed by atoms with Gasteiger partial charge in [0.05, 0.1) is 34.1 Å². The summed E-state index contributed by atoms with van der Waals surface area (Å²) in [5.74, 6) is 0.795. The number of halogens is 1. The van der Waals surface area contributed by atoms with E-state index >= 15 is 0 Å². The molecule has 0 fully saturated rings. The Morgan fingerprint density at radius 2 is 2.03 bits per heavy atom. The Balaban J connectivity index is 1.78. The van der Waals surface area contributed by atoms with E-state index in [0.29, 0.717) is 26.9 Å². The summed E-state index contributed by atoms with van der Waals surface area (Å²) >= 11 is 7.59. The highest BCUT2D eigenvalue weighted by atomic mass is 35.5. The highest BCUT2D eigenvalue weighted by Crippen LogP contribution is 2.37. The molecule has 3 aromatic rings. The minimum atomic E-state index is -0.477. The molecule has 0 amide bonds. The largest absolute Gasteiger partial charge is 0.454 e. The van der Waals surface area contributed by atoms with Gasteiger partial charge in [0, 0.05) is 10.4 Å². The first-order valence-electron chi connectivity index (χ1n) is 8.53.